The van der Waals surface area contributed by atoms with Gasteiger partial charge in [0.15, 0.2) is 0 Å². The topological polar surface area (TPSA) is 56.1 Å². The quantitative estimate of drug-likeness (QED) is 0.698. The van der Waals surface area contributed by atoms with E-state index in [9.17, 15) is 0 Å². The van der Waals surface area contributed by atoms with Crippen LogP contribution in [0.25, 0.3) is 0 Å². The number of ether oxygens (including phenoxy) is 1. The Hall–Kier alpha value is -0.790. The van der Waals surface area contributed by atoms with Crippen molar-refractivity contribution < 1.29 is 4.74 Å². The Morgan fingerprint density at radius 3 is 2.71 bits per heavy atom. The molecule has 1 unspecified atom stereocenters. The van der Waals surface area contributed by atoms with Crippen LogP contribution in [0.1, 0.15) is 13.1 Å². The van der Waals surface area contributed by atoms with E-state index >= 15 is 0 Å². The first kappa shape index (κ1) is 9.75. The van der Waals surface area contributed by atoms with Gasteiger partial charge in [0.05, 0.1) is 13.2 Å². The maximum absolute atomic E-state index is 5.27. The highest BCUT2D eigenvalue weighted by Gasteiger charge is 2.20. The van der Waals surface area contributed by atoms with Crippen molar-refractivity contribution in [2.45, 2.75) is 18.2 Å². The van der Waals surface area contributed by atoms with Crippen LogP contribution in [0.5, 0.6) is 0 Å². The van der Waals surface area contributed by atoms with Gasteiger partial charge in [-0.25, -0.2) is 0 Å². The van der Waals surface area contributed by atoms with Gasteiger partial charge in [0.2, 0.25) is 5.16 Å². The number of hydrogen-bond donors (Lipinski definition) is 0. The first-order chi connectivity index (χ1) is 6.79. The van der Waals surface area contributed by atoms with Crippen molar-refractivity contribution >= 4 is 12.6 Å². The molecular formula is C7H12N5OS. The number of aromatic nitrogens is 4. The molecule has 1 aromatic rings. The van der Waals surface area contributed by atoms with Gasteiger partial charge in [-0.05, 0) is 30.0 Å². The molecule has 14 heavy (non-hydrogen) atoms. The van der Waals surface area contributed by atoms with Crippen molar-refractivity contribution in [2.75, 3.05) is 26.3 Å². The summed E-state index contributed by atoms with van der Waals surface area (Å²) in [5, 5.41) is 11.5. The third-order valence-corrected chi connectivity index (χ3v) is 2.66. The first-order valence-corrected chi connectivity index (χ1v) is 4.96. The zero-order chi connectivity index (χ0) is 9.97. The molecule has 1 atom stereocenters. The summed E-state index contributed by atoms with van der Waals surface area (Å²) in [6.45, 7) is 5.36. The number of tetrazole rings is 1. The summed E-state index contributed by atoms with van der Waals surface area (Å²) in [4.78, 5) is 2.25. The van der Waals surface area contributed by atoms with Gasteiger partial charge in [0.1, 0.15) is 6.17 Å². The van der Waals surface area contributed by atoms with Gasteiger partial charge in [-0.1, -0.05) is 5.10 Å². The Bertz CT molecular complexity index is 298. The molecule has 0 aromatic carbocycles. The molecule has 2 rings (SSSR count). The van der Waals surface area contributed by atoms with E-state index in [1.54, 1.807) is 4.68 Å². The van der Waals surface area contributed by atoms with Crippen LogP contribution in [0.4, 0.5) is 0 Å². The first-order valence-electron chi connectivity index (χ1n) is 4.55. The average Bonchev–Trinajstić information content (AvgIpc) is 2.65. The molecule has 1 radical (unpaired) electrons. The summed E-state index contributed by atoms with van der Waals surface area (Å²) in [5.74, 6) is 0. The lowest BCUT2D eigenvalue weighted by Gasteiger charge is -2.31. The van der Waals surface area contributed by atoms with Crippen molar-refractivity contribution in [3.05, 3.63) is 0 Å². The van der Waals surface area contributed by atoms with Crippen LogP contribution in [-0.4, -0.2) is 51.4 Å². The van der Waals surface area contributed by atoms with Crippen LogP contribution in [-0.2, 0) is 4.74 Å². The fraction of sp³-hybridized carbons (Fsp3) is 0.857. The van der Waals surface area contributed by atoms with Gasteiger partial charge in [-0.15, -0.1) is 0 Å². The molecule has 6 nitrogen and oxygen atoms in total. The fourth-order valence-corrected chi connectivity index (χ4v) is 1.75. The molecule has 0 bridgehead atoms. The van der Waals surface area contributed by atoms with E-state index in [1.165, 1.54) is 0 Å². The van der Waals surface area contributed by atoms with Crippen LogP contribution >= 0.6 is 12.6 Å². The van der Waals surface area contributed by atoms with E-state index in [4.69, 9.17) is 17.4 Å². The molecule has 1 aliphatic rings. The smallest absolute Gasteiger partial charge is 0.241 e. The van der Waals surface area contributed by atoms with Gasteiger partial charge < -0.3 is 4.74 Å². The Morgan fingerprint density at radius 2 is 2.14 bits per heavy atom. The minimum atomic E-state index is 0.112. The monoisotopic (exact) mass is 214 g/mol. The minimum Gasteiger partial charge on any atom is -0.379 e. The third kappa shape index (κ3) is 1.84. The maximum atomic E-state index is 5.27. The second-order valence-corrected chi connectivity index (χ2v) is 3.55. The third-order valence-electron chi connectivity index (χ3n) is 2.39. The predicted octanol–water partition coefficient (Wildman–Crippen LogP) is 0.0802. The predicted molar refractivity (Wildman–Crippen MR) is 50.8 cm³/mol. The van der Waals surface area contributed by atoms with Crippen molar-refractivity contribution in [2.24, 2.45) is 0 Å². The number of nitrogens with zero attached hydrogens (tertiary/aromatic N) is 5. The molecule has 1 aromatic heterocycles. The Balaban J connectivity index is 2.07. The Labute approximate surface area is 87.6 Å². The van der Waals surface area contributed by atoms with Crippen LogP contribution in [0, 0.1) is 0 Å². The summed E-state index contributed by atoms with van der Waals surface area (Å²) in [7, 11) is 0. The van der Waals surface area contributed by atoms with Gasteiger partial charge >= 0.3 is 0 Å². The minimum absolute atomic E-state index is 0.112. The Morgan fingerprint density at radius 1 is 1.43 bits per heavy atom. The molecule has 0 amide bonds. The molecule has 0 aliphatic carbocycles. The normalized spacial score (nSPS) is 20.9. The second kappa shape index (κ2) is 4.16. The summed E-state index contributed by atoms with van der Waals surface area (Å²) >= 11 is 5.00. The van der Waals surface area contributed by atoms with E-state index in [1.807, 2.05) is 6.92 Å². The molecule has 77 valence electrons. The zero-order valence-corrected chi connectivity index (χ0v) is 8.77. The largest absolute Gasteiger partial charge is 0.379 e. The van der Waals surface area contributed by atoms with E-state index in [0.29, 0.717) is 5.16 Å². The fourth-order valence-electron chi connectivity index (χ4n) is 1.53. The van der Waals surface area contributed by atoms with Gasteiger partial charge in [0, 0.05) is 13.1 Å². The summed E-state index contributed by atoms with van der Waals surface area (Å²) in [6, 6.07) is 0. The zero-order valence-electron chi connectivity index (χ0n) is 7.96. The van der Waals surface area contributed by atoms with Gasteiger partial charge in [-0.2, -0.15) is 4.68 Å². The molecule has 7 heteroatoms. The summed E-state index contributed by atoms with van der Waals surface area (Å²) < 4.78 is 6.92. The standard InChI is InChI=1S/C7H12N5OS/c1-6(11-2-4-13-5-3-11)12-7(14)8-9-10-12/h6H,2-5H2,1H3. The van der Waals surface area contributed by atoms with E-state index in [2.05, 4.69) is 20.4 Å². The van der Waals surface area contributed by atoms with E-state index in [0.717, 1.165) is 26.3 Å². The average molecular weight is 214 g/mol. The molecule has 1 aliphatic heterocycles. The van der Waals surface area contributed by atoms with Crippen LogP contribution in [0.2, 0.25) is 0 Å². The lowest BCUT2D eigenvalue weighted by atomic mass is 10.4. The van der Waals surface area contributed by atoms with Crippen molar-refractivity contribution in [3.63, 3.8) is 0 Å². The lowest BCUT2D eigenvalue weighted by molar-refractivity contribution is -0.00235. The molecule has 2 heterocycles. The molecule has 0 saturated carbocycles. The molecule has 1 fully saturated rings. The van der Waals surface area contributed by atoms with Crippen molar-refractivity contribution in [1.29, 1.82) is 0 Å². The molecule has 0 spiro atoms. The molecule has 1 saturated heterocycles. The number of rotatable bonds is 2. The summed E-state index contributed by atoms with van der Waals surface area (Å²) in [6.07, 6.45) is 0.112. The molecular weight excluding hydrogens is 202 g/mol. The SMILES string of the molecule is CC(N1CCOCC1)n1nnnc1[S]. The maximum Gasteiger partial charge on any atom is 0.241 e. The Kier molecular flexibility index (Phi) is 2.90. The van der Waals surface area contributed by atoms with Crippen LogP contribution in [0.15, 0.2) is 5.16 Å². The summed E-state index contributed by atoms with van der Waals surface area (Å²) in [5.41, 5.74) is 0. The molecule has 0 N–H and O–H groups in total. The van der Waals surface area contributed by atoms with Crippen LogP contribution in [0.3, 0.4) is 0 Å². The highest BCUT2D eigenvalue weighted by atomic mass is 32.1. The highest BCUT2D eigenvalue weighted by Crippen LogP contribution is 2.15. The van der Waals surface area contributed by atoms with Crippen molar-refractivity contribution in [1.82, 2.24) is 25.1 Å². The van der Waals surface area contributed by atoms with E-state index in [-0.39, 0.29) is 6.17 Å². The van der Waals surface area contributed by atoms with Gasteiger partial charge in [-0.3, -0.25) is 4.90 Å². The van der Waals surface area contributed by atoms with E-state index < -0.39 is 0 Å². The van der Waals surface area contributed by atoms with Crippen molar-refractivity contribution in [3.8, 4) is 0 Å². The lowest BCUT2D eigenvalue weighted by Crippen LogP contribution is -2.40. The number of hydrogen-bond acceptors (Lipinski definition) is 5. The highest BCUT2D eigenvalue weighted by molar-refractivity contribution is 7.80. The second-order valence-electron chi connectivity index (χ2n) is 3.19. The number of morpholine rings is 1. The van der Waals surface area contributed by atoms with Gasteiger partial charge in [0.25, 0.3) is 0 Å². The van der Waals surface area contributed by atoms with Crippen LogP contribution < -0.4 is 0 Å².